The van der Waals surface area contributed by atoms with Crippen molar-refractivity contribution in [2.45, 2.75) is 115 Å². The lowest BCUT2D eigenvalue weighted by atomic mass is 9.84. The van der Waals surface area contributed by atoms with Crippen molar-refractivity contribution in [2.75, 3.05) is 41.3 Å². The van der Waals surface area contributed by atoms with Crippen LogP contribution in [0.15, 0.2) is 36.7 Å². The molecule has 2 aromatic heterocycles. The van der Waals surface area contributed by atoms with Gasteiger partial charge in [-0.3, -0.25) is 19.2 Å². The molecule has 2 fully saturated rings. The molecule has 13 nitrogen and oxygen atoms in total. The molecule has 2 aliphatic carbocycles. The van der Waals surface area contributed by atoms with Crippen LogP contribution in [0.4, 0.5) is 35.1 Å². The number of benzene rings is 2. The van der Waals surface area contributed by atoms with E-state index in [1.807, 2.05) is 23.9 Å². The second kappa shape index (κ2) is 29.3. The summed E-state index contributed by atoms with van der Waals surface area (Å²) in [5.41, 5.74) is 14.2. The second-order valence-electron chi connectivity index (χ2n) is 18.6. The van der Waals surface area contributed by atoms with E-state index in [4.69, 9.17) is 22.3 Å². The van der Waals surface area contributed by atoms with Crippen molar-refractivity contribution >= 4 is 100 Å². The summed E-state index contributed by atoms with van der Waals surface area (Å²) in [5.74, 6) is -6.49. The van der Waals surface area contributed by atoms with Crippen LogP contribution in [-0.4, -0.2) is 114 Å². The molecule has 2 saturated carbocycles. The molecule has 75 heavy (non-hydrogen) atoms. The number of carbonyl (C=O) groups excluding carboxylic acids is 3. The number of carbonyl (C=O) groups is 4. The third-order valence-electron chi connectivity index (χ3n) is 13.5. The van der Waals surface area contributed by atoms with E-state index in [1.54, 1.807) is 53.9 Å². The molecular weight excluding hydrogens is 1110 g/mol. The molecule has 2 aromatic carbocycles. The zero-order valence-corrected chi connectivity index (χ0v) is 48.4. The number of rotatable bonds is 19. The normalized spacial score (nSPS) is 15.6. The molecule has 3 amide bonds. The van der Waals surface area contributed by atoms with E-state index in [9.17, 15) is 54.3 Å². The molecule has 0 bridgehead atoms. The third-order valence-corrected chi connectivity index (χ3v) is 15.5. The number of nitrogens with zero attached hydrogens (tertiary/aromatic N) is 4. The van der Waals surface area contributed by atoms with Gasteiger partial charge in [-0.1, -0.05) is 12.1 Å². The van der Waals surface area contributed by atoms with Gasteiger partial charge in [-0.2, -0.15) is 80.3 Å². The number of nitrogens with two attached hydrogens (primary N) is 3. The van der Waals surface area contributed by atoms with Crippen LogP contribution in [0.25, 0.3) is 0 Å². The Balaban J connectivity index is 0.00000116. The number of nitrogens with one attached hydrogen (secondary N) is 1. The Morgan fingerprint density at radius 3 is 1.31 bits per heavy atom. The Morgan fingerprint density at radius 2 is 1.03 bits per heavy atom. The Bertz CT molecular complexity index is 2540. The number of halogens is 8. The lowest BCUT2D eigenvalue weighted by Crippen LogP contribution is -2.43. The highest BCUT2D eigenvalue weighted by atomic mass is 32.1. The second-order valence-corrected chi connectivity index (χ2v) is 21.1. The predicted octanol–water partition coefficient (Wildman–Crippen LogP) is 8.57. The lowest BCUT2D eigenvalue weighted by molar-refractivity contribution is -0.195. The molecule has 0 radical (unpaired) electrons. The van der Waals surface area contributed by atoms with Gasteiger partial charge >= 0.3 is 18.3 Å². The van der Waals surface area contributed by atoms with Crippen LogP contribution in [-0.2, 0) is 22.4 Å². The van der Waals surface area contributed by atoms with E-state index in [0.29, 0.717) is 55.8 Å². The molecule has 2 aliphatic rings. The van der Waals surface area contributed by atoms with Crippen LogP contribution >= 0.6 is 76.7 Å². The Hall–Kier alpha value is -3.70. The largest absolute Gasteiger partial charge is 0.481 e. The van der Waals surface area contributed by atoms with Gasteiger partial charge in [-0.25, -0.2) is 18.7 Å². The highest BCUT2D eigenvalue weighted by Gasteiger charge is 2.68. The van der Waals surface area contributed by atoms with Crippen LogP contribution in [0.2, 0.25) is 0 Å². The molecule has 424 valence electrons. The van der Waals surface area contributed by atoms with Crippen LogP contribution in [0.5, 0.6) is 0 Å². The highest BCUT2D eigenvalue weighted by Crippen LogP contribution is 2.67. The standard InChI is InChI=1S/C24H30F4N4O2S.C13H20FN3O.C11H12F3NO2S.4H2S/c1-13-15(5-6-17(21(13)25)22(29)34)9-16(32(3)4)11-31-20(33)10-18(19-12-30-14(2)35-19)23(7-8-23)24(26,27)28;1-8-9(6-10(7-15)17(2)3)4-5-11(12(8)14)13(16)18;1-6-15-5-8(18-6)7(4-9(16)17)10(2-3-10)11(12,13)14;;;;/h5-6,12,16,18H,7-11H2,1-4H3,(H2,29,34)(H,31,33);4-5,10H,6-7,15H2,1-3H3,(H2,16,18);5,7H,2-4H2,1H3,(H,16,17);4*1H2/t16-,18+;10-;7-;;;;/m001..../s1. The Labute approximate surface area is 468 Å². The van der Waals surface area contributed by atoms with E-state index in [0.717, 1.165) is 16.9 Å². The van der Waals surface area contributed by atoms with Crippen molar-refractivity contribution in [3.8, 4) is 0 Å². The first-order valence-corrected chi connectivity index (χ1v) is 24.2. The molecule has 8 N–H and O–H groups in total. The Morgan fingerprint density at radius 1 is 0.667 bits per heavy atom. The number of alkyl halides is 6. The maximum absolute atomic E-state index is 14.5. The fourth-order valence-corrected chi connectivity index (χ4v) is 10.5. The summed E-state index contributed by atoms with van der Waals surface area (Å²) in [5, 5.41) is 12.9. The number of thiazole rings is 2. The summed E-state index contributed by atoms with van der Waals surface area (Å²) >= 11 is 2.34. The smallest absolute Gasteiger partial charge is 0.395 e. The number of hydrogen-bond donors (Lipinski definition) is 5. The molecule has 6 rings (SSSR count). The minimum absolute atomic E-state index is 0. The number of likely N-dealkylation sites (N-methyl/N-ethyl adjacent to an activating group) is 2. The number of aromatic nitrogens is 2. The first-order valence-electron chi connectivity index (χ1n) is 22.6. The first kappa shape index (κ1) is 71.3. The predicted molar refractivity (Wildman–Crippen MR) is 297 cm³/mol. The quantitative estimate of drug-likeness (QED) is 0.0565. The van der Waals surface area contributed by atoms with Crippen molar-refractivity contribution in [3.05, 3.63) is 101 Å². The summed E-state index contributed by atoms with van der Waals surface area (Å²) in [6.07, 6.45) is -5.72. The molecule has 4 aromatic rings. The van der Waals surface area contributed by atoms with E-state index >= 15 is 0 Å². The van der Waals surface area contributed by atoms with Crippen molar-refractivity contribution in [3.63, 3.8) is 0 Å². The maximum Gasteiger partial charge on any atom is 0.395 e. The van der Waals surface area contributed by atoms with Crippen molar-refractivity contribution < 1.29 is 59.4 Å². The van der Waals surface area contributed by atoms with Gasteiger partial charge in [0.25, 0.3) is 11.8 Å². The fraction of sp³-hybridized carbons (Fsp3) is 0.542. The summed E-state index contributed by atoms with van der Waals surface area (Å²) in [6.45, 7) is 7.28. The number of aliphatic carboxylic acids is 1. The lowest BCUT2D eigenvalue weighted by Gasteiger charge is -2.29. The molecule has 27 heteroatoms. The zero-order chi connectivity index (χ0) is 53.6. The van der Waals surface area contributed by atoms with Gasteiger partial charge in [0.15, 0.2) is 0 Å². The van der Waals surface area contributed by atoms with Crippen LogP contribution in [0.1, 0.15) is 113 Å². The maximum atomic E-state index is 14.5. The molecule has 0 saturated heterocycles. The van der Waals surface area contributed by atoms with E-state index in [1.165, 1.54) is 35.9 Å². The molecule has 0 aliphatic heterocycles. The average molecular weight is 1180 g/mol. The first-order chi connectivity index (χ1) is 32.9. The number of hydrogen-bond acceptors (Lipinski definition) is 11. The van der Waals surface area contributed by atoms with Crippen molar-refractivity contribution in [1.82, 2.24) is 25.1 Å². The van der Waals surface area contributed by atoms with Gasteiger partial charge in [0, 0.05) is 65.6 Å². The summed E-state index contributed by atoms with van der Waals surface area (Å²) < 4.78 is 109. The molecule has 0 unspecified atom stereocenters. The van der Waals surface area contributed by atoms with E-state index in [-0.39, 0.29) is 116 Å². The van der Waals surface area contributed by atoms with Gasteiger partial charge in [0.05, 0.1) is 38.4 Å². The van der Waals surface area contributed by atoms with Crippen LogP contribution < -0.4 is 22.5 Å². The average Bonchev–Trinajstić information content (AvgIpc) is 4.18. The van der Waals surface area contributed by atoms with Gasteiger partial charge in [-0.15, -0.1) is 22.7 Å². The zero-order valence-electron chi connectivity index (χ0n) is 42.8. The van der Waals surface area contributed by atoms with Gasteiger partial charge in [-0.05, 0) is 129 Å². The number of aryl methyl sites for hydroxylation is 2. The van der Waals surface area contributed by atoms with E-state index < -0.39 is 76.8 Å². The number of carboxylic acids is 1. The SMILES string of the molecule is Cc1c(C[C@@H](CN)N(C)C)ccc(C(N)=O)c1F.Cc1ncc([C@@H](CC(=O)NC[C@H](Cc2ccc(C(N)=O)c(F)c2C)N(C)C)C2(C(F)(F)F)CC2)s1.Cc1ncc([C@@H](CC(=O)O)C2(C(F)(F)F)CC2)s1.S.S.S.S. The van der Waals surface area contributed by atoms with Crippen LogP contribution in [0, 0.1) is 50.2 Å². The topological polar surface area (TPSA) is 211 Å². The van der Waals surface area contributed by atoms with E-state index in [2.05, 4.69) is 15.3 Å². The molecule has 2 heterocycles. The molecule has 4 atom stereocenters. The van der Waals surface area contributed by atoms with Gasteiger partial charge in [0.1, 0.15) is 11.6 Å². The number of carboxylic acid groups (broad SMARTS) is 1. The molecule has 0 spiro atoms. The van der Waals surface area contributed by atoms with Crippen molar-refractivity contribution in [2.24, 2.45) is 28.0 Å². The number of primary amides is 2. The van der Waals surface area contributed by atoms with Crippen LogP contribution in [0.3, 0.4) is 0 Å². The van der Waals surface area contributed by atoms with Gasteiger partial charge < -0.3 is 37.4 Å². The monoisotopic (exact) mass is 1180 g/mol. The van der Waals surface area contributed by atoms with Crippen molar-refractivity contribution in [1.29, 1.82) is 0 Å². The summed E-state index contributed by atoms with van der Waals surface area (Å²) in [4.78, 5) is 58.8. The third kappa shape index (κ3) is 17.9. The minimum Gasteiger partial charge on any atom is -0.481 e. The summed E-state index contributed by atoms with van der Waals surface area (Å²) in [7, 11) is 7.46. The summed E-state index contributed by atoms with van der Waals surface area (Å²) in [6, 6.07) is 6.02. The fourth-order valence-electron chi connectivity index (χ4n) is 8.50. The van der Waals surface area contributed by atoms with Gasteiger partial charge in [0.2, 0.25) is 5.91 Å². The minimum atomic E-state index is -4.40. The highest BCUT2D eigenvalue weighted by molar-refractivity contribution is 7.59. The molecular formula is C48H70F8N8O5S6. The Kier molecular flexibility index (Phi) is 27.9. The number of amides is 3.